The predicted octanol–water partition coefficient (Wildman–Crippen LogP) is 3.20. The number of nitrogens with one attached hydrogen (secondary N) is 1. The van der Waals surface area contributed by atoms with E-state index in [4.69, 9.17) is 0 Å². The van der Waals surface area contributed by atoms with Gasteiger partial charge >= 0.3 is 0 Å². The highest BCUT2D eigenvalue weighted by Crippen LogP contribution is 2.27. The maximum absolute atomic E-state index is 3.46. The van der Waals surface area contributed by atoms with Crippen LogP contribution in [0.5, 0.6) is 0 Å². The van der Waals surface area contributed by atoms with Gasteiger partial charge in [0, 0.05) is 5.69 Å². The molecule has 1 nitrogen and oxygen atoms in total. The quantitative estimate of drug-likeness (QED) is 0.700. The third-order valence-corrected chi connectivity index (χ3v) is 2.30. The fraction of sp³-hybridized carbons (Fsp3) is 0.364. The molecular weight excluding hydrogens is 146 g/mol. The smallest absolute Gasteiger partial charge is 0.0602 e. The summed E-state index contributed by atoms with van der Waals surface area (Å²) in [5.74, 6) is 0. The van der Waals surface area contributed by atoms with E-state index in [1.54, 1.807) is 0 Å². The Morgan fingerprint density at radius 2 is 1.58 bits per heavy atom. The third-order valence-electron chi connectivity index (χ3n) is 2.30. The second-order valence-corrected chi connectivity index (χ2v) is 3.30. The molecule has 1 aliphatic carbocycles. The Morgan fingerprint density at radius 3 is 2.25 bits per heavy atom. The third kappa shape index (κ3) is 1.79. The van der Waals surface area contributed by atoms with E-state index in [2.05, 4.69) is 29.6 Å². The van der Waals surface area contributed by atoms with Crippen LogP contribution in [-0.2, 0) is 0 Å². The first kappa shape index (κ1) is 7.66. The van der Waals surface area contributed by atoms with Crippen molar-refractivity contribution in [1.82, 2.24) is 0 Å². The van der Waals surface area contributed by atoms with Crippen LogP contribution in [0.3, 0.4) is 0 Å². The van der Waals surface area contributed by atoms with Crippen molar-refractivity contribution >= 4 is 5.69 Å². The first-order chi connectivity index (χ1) is 5.95. The summed E-state index contributed by atoms with van der Waals surface area (Å²) in [5.41, 5.74) is 1.23. The van der Waals surface area contributed by atoms with Crippen molar-refractivity contribution in [2.45, 2.75) is 25.7 Å². The Morgan fingerprint density at radius 1 is 0.917 bits per heavy atom. The summed E-state index contributed by atoms with van der Waals surface area (Å²) in [7, 11) is 0. The fourth-order valence-corrected chi connectivity index (χ4v) is 1.65. The molecule has 0 atom stereocenters. The second kappa shape index (κ2) is 3.61. The van der Waals surface area contributed by atoms with Gasteiger partial charge in [-0.05, 0) is 25.0 Å². The van der Waals surface area contributed by atoms with E-state index in [0.29, 0.717) is 0 Å². The van der Waals surface area contributed by atoms with E-state index < -0.39 is 0 Å². The van der Waals surface area contributed by atoms with Crippen molar-refractivity contribution in [3.8, 4) is 0 Å². The Hall–Kier alpha value is -0.980. The molecule has 1 aliphatic rings. The van der Waals surface area contributed by atoms with Gasteiger partial charge < -0.3 is 5.32 Å². The number of hydrogen-bond acceptors (Lipinski definition) is 1. The molecular formula is C11H14N. The monoisotopic (exact) mass is 160 g/mol. The molecule has 1 heteroatoms. The largest absolute Gasteiger partial charge is 0.377 e. The molecule has 0 heterocycles. The van der Waals surface area contributed by atoms with E-state index in [1.807, 2.05) is 6.07 Å². The van der Waals surface area contributed by atoms with Crippen LogP contribution in [0, 0.1) is 6.04 Å². The van der Waals surface area contributed by atoms with Crippen molar-refractivity contribution in [2.24, 2.45) is 0 Å². The average Bonchev–Trinajstić information content (AvgIpc) is 2.59. The number of anilines is 1. The SMILES string of the molecule is c1ccc(N[C]2CCCC2)cc1. The first-order valence-electron chi connectivity index (χ1n) is 4.62. The van der Waals surface area contributed by atoms with E-state index in [0.717, 1.165) is 0 Å². The lowest BCUT2D eigenvalue weighted by Gasteiger charge is -2.11. The summed E-state index contributed by atoms with van der Waals surface area (Å²) in [6, 6.07) is 11.9. The van der Waals surface area contributed by atoms with E-state index in [1.165, 1.54) is 37.4 Å². The van der Waals surface area contributed by atoms with Crippen LogP contribution < -0.4 is 5.32 Å². The molecule has 1 saturated carbocycles. The van der Waals surface area contributed by atoms with Gasteiger partial charge in [0.05, 0.1) is 6.04 Å². The zero-order chi connectivity index (χ0) is 8.23. The van der Waals surface area contributed by atoms with Crippen LogP contribution in [0.15, 0.2) is 30.3 Å². The molecule has 1 fully saturated rings. The van der Waals surface area contributed by atoms with Gasteiger partial charge in [0.15, 0.2) is 0 Å². The van der Waals surface area contributed by atoms with Crippen LogP contribution in [0.25, 0.3) is 0 Å². The zero-order valence-corrected chi connectivity index (χ0v) is 7.22. The topological polar surface area (TPSA) is 12.0 Å². The number of rotatable bonds is 2. The predicted molar refractivity (Wildman–Crippen MR) is 51.8 cm³/mol. The molecule has 0 bridgehead atoms. The molecule has 1 aromatic carbocycles. The van der Waals surface area contributed by atoms with E-state index >= 15 is 0 Å². The molecule has 0 spiro atoms. The van der Waals surface area contributed by atoms with Gasteiger partial charge in [-0.2, -0.15) is 0 Å². The molecule has 0 unspecified atom stereocenters. The van der Waals surface area contributed by atoms with Crippen molar-refractivity contribution in [2.75, 3.05) is 5.32 Å². The maximum Gasteiger partial charge on any atom is 0.0602 e. The van der Waals surface area contributed by atoms with Crippen molar-refractivity contribution in [3.05, 3.63) is 36.4 Å². The summed E-state index contributed by atoms with van der Waals surface area (Å²) >= 11 is 0. The molecule has 0 amide bonds. The Kier molecular flexibility index (Phi) is 2.31. The minimum absolute atomic E-state index is 1.23. The lowest BCUT2D eigenvalue weighted by molar-refractivity contribution is 0.886. The molecule has 1 radical (unpaired) electrons. The molecule has 0 aromatic heterocycles. The van der Waals surface area contributed by atoms with Gasteiger partial charge in [-0.1, -0.05) is 31.0 Å². The van der Waals surface area contributed by atoms with Crippen LogP contribution in [-0.4, -0.2) is 0 Å². The number of hydrogen-bond donors (Lipinski definition) is 1. The highest BCUT2D eigenvalue weighted by Gasteiger charge is 2.14. The molecule has 2 rings (SSSR count). The first-order valence-corrected chi connectivity index (χ1v) is 4.62. The summed E-state index contributed by atoms with van der Waals surface area (Å²) < 4.78 is 0. The normalized spacial score (nSPS) is 18.0. The van der Waals surface area contributed by atoms with Crippen LogP contribution in [0.4, 0.5) is 5.69 Å². The minimum atomic E-state index is 1.23. The van der Waals surface area contributed by atoms with Crippen molar-refractivity contribution in [1.29, 1.82) is 0 Å². The molecule has 1 N–H and O–H groups in total. The van der Waals surface area contributed by atoms with Gasteiger partial charge in [0.25, 0.3) is 0 Å². The van der Waals surface area contributed by atoms with Crippen LogP contribution >= 0.6 is 0 Å². The number of benzene rings is 1. The Bertz CT molecular complexity index is 224. The molecule has 12 heavy (non-hydrogen) atoms. The number of para-hydroxylation sites is 1. The van der Waals surface area contributed by atoms with Gasteiger partial charge in [0.2, 0.25) is 0 Å². The lowest BCUT2D eigenvalue weighted by Crippen LogP contribution is -2.04. The minimum Gasteiger partial charge on any atom is -0.377 e. The molecule has 63 valence electrons. The summed E-state index contributed by atoms with van der Waals surface area (Å²) in [5, 5.41) is 3.46. The average molecular weight is 160 g/mol. The van der Waals surface area contributed by atoms with Gasteiger partial charge in [0.1, 0.15) is 0 Å². The standard InChI is InChI=1S/C11H14N/c1-2-6-10(7-3-1)12-11-8-4-5-9-11/h1-3,6-7,12H,4-5,8-9H2. The van der Waals surface area contributed by atoms with Crippen LogP contribution in [0.2, 0.25) is 0 Å². The summed E-state index contributed by atoms with van der Waals surface area (Å²) in [4.78, 5) is 0. The molecule has 0 aliphatic heterocycles. The second-order valence-electron chi connectivity index (χ2n) is 3.30. The highest BCUT2D eigenvalue weighted by atomic mass is 14.9. The van der Waals surface area contributed by atoms with Crippen molar-refractivity contribution in [3.63, 3.8) is 0 Å². The summed E-state index contributed by atoms with van der Waals surface area (Å²) in [6.45, 7) is 0. The van der Waals surface area contributed by atoms with E-state index in [9.17, 15) is 0 Å². The molecule has 1 aromatic rings. The fourth-order valence-electron chi connectivity index (χ4n) is 1.65. The highest BCUT2D eigenvalue weighted by molar-refractivity contribution is 5.46. The maximum atomic E-state index is 3.46. The zero-order valence-electron chi connectivity index (χ0n) is 7.22. The van der Waals surface area contributed by atoms with Gasteiger partial charge in [-0.25, -0.2) is 0 Å². The van der Waals surface area contributed by atoms with Gasteiger partial charge in [-0.3, -0.25) is 0 Å². The lowest BCUT2D eigenvalue weighted by atomic mass is 10.2. The van der Waals surface area contributed by atoms with Crippen LogP contribution in [0.1, 0.15) is 25.7 Å². The summed E-state index contributed by atoms with van der Waals surface area (Å²) in [6.07, 6.45) is 5.23. The Labute approximate surface area is 73.8 Å². The molecule has 0 saturated heterocycles. The van der Waals surface area contributed by atoms with Crippen molar-refractivity contribution < 1.29 is 0 Å². The van der Waals surface area contributed by atoms with Gasteiger partial charge in [-0.15, -0.1) is 0 Å². The Balaban J connectivity index is 1.94. The van der Waals surface area contributed by atoms with E-state index in [-0.39, 0.29) is 0 Å².